The third-order valence-corrected chi connectivity index (χ3v) is 2.88. The highest BCUT2D eigenvalue weighted by Crippen LogP contribution is 2.20. The van der Waals surface area contributed by atoms with Crippen molar-refractivity contribution in [3.8, 4) is 0 Å². The highest BCUT2D eigenvalue weighted by atomic mass is 32.1. The second-order valence-corrected chi connectivity index (χ2v) is 3.80. The zero-order chi connectivity index (χ0) is 9.10. The van der Waals surface area contributed by atoms with Gasteiger partial charge in [-0.1, -0.05) is 6.07 Å². The third-order valence-electron chi connectivity index (χ3n) is 1.82. The van der Waals surface area contributed by atoms with Crippen LogP contribution in [0.25, 0.3) is 0 Å². The lowest BCUT2D eigenvalue weighted by molar-refractivity contribution is 0.888. The van der Waals surface area contributed by atoms with Gasteiger partial charge in [-0.15, -0.1) is 11.3 Å². The van der Waals surface area contributed by atoms with Crippen molar-refractivity contribution in [3.63, 3.8) is 0 Å². The SMILES string of the molecule is CC(Nc1ncc[nH]1)c1cccs1. The number of anilines is 1. The summed E-state index contributed by atoms with van der Waals surface area (Å²) in [6, 6.07) is 4.48. The van der Waals surface area contributed by atoms with Gasteiger partial charge in [0, 0.05) is 17.3 Å². The van der Waals surface area contributed by atoms with Gasteiger partial charge in [0.1, 0.15) is 0 Å². The molecule has 2 aromatic heterocycles. The van der Waals surface area contributed by atoms with Crippen LogP contribution in [-0.2, 0) is 0 Å². The minimum Gasteiger partial charge on any atom is -0.348 e. The summed E-state index contributed by atoms with van der Waals surface area (Å²) in [6.07, 6.45) is 3.55. The Morgan fingerprint density at radius 2 is 2.54 bits per heavy atom. The molecule has 1 atom stereocenters. The van der Waals surface area contributed by atoms with E-state index >= 15 is 0 Å². The van der Waals surface area contributed by atoms with Crippen molar-refractivity contribution in [2.75, 3.05) is 5.32 Å². The number of hydrogen-bond donors (Lipinski definition) is 2. The van der Waals surface area contributed by atoms with Crippen molar-refractivity contribution in [1.29, 1.82) is 0 Å². The molecule has 0 amide bonds. The molecule has 0 fully saturated rings. The quantitative estimate of drug-likeness (QED) is 0.786. The number of H-pyrrole nitrogens is 1. The Hall–Kier alpha value is -1.29. The van der Waals surface area contributed by atoms with Crippen molar-refractivity contribution in [2.45, 2.75) is 13.0 Å². The Labute approximate surface area is 80.8 Å². The van der Waals surface area contributed by atoms with Gasteiger partial charge in [0.05, 0.1) is 6.04 Å². The number of aromatic amines is 1. The van der Waals surface area contributed by atoms with Crippen LogP contribution in [-0.4, -0.2) is 9.97 Å². The van der Waals surface area contributed by atoms with E-state index in [4.69, 9.17) is 0 Å². The highest BCUT2D eigenvalue weighted by molar-refractivity contribution is 7.10. The molecule has 0 bridgehead atoms. The van der Waals surface area contributed by atoms with Gasteiger partial charge in [0.15, 0.2) is 0 Å². The van der Waals surface area contributed by atoms with E-state index in [1.54, 1.807) is 17.5 Å². The summed E-state index contributed by atoms with van der Waals surface area (Å²) in [5.41, 5.74) is 0. The predicted molar refractivity (Wildman–Crippen MR) is 54.9 cm³/mol. The van der Waals surface area contributed by atoms with Gasteiger partial charge < -0.3 is 10.3 Å². The fraction of sp³-hybridized carbons (Fsp3) is 0.222. The van der Waals surface area contributed by atoms with E-state index in [1.165, 1.54) is 4.88 Å². The van der Waals surface area contributed by atoms with Gasteiger partial charge in [0.2, 0.25) is 5.95 Å². The fourth-order valence-electron chi connectivity index (χ4n) is 1.16. The van der Waals surface area contributed by atoms with E-state index in [0.29, 0.717) is 6.04 Å². The van der Waals surface area contributed by atoms with Crippen LogP contribution in [0.3, 0.4) is 0 Å². The molecule has 4 heteroatoms. The minimum absolute atomic E-state index is 0.311. The number of nitrogens with one attached hydrogen (secondary N) is 2. The van der Waals surface area contributed by atoms with Gasteiger partial charge in [-0.2, -0.15) is 0 Å². The second-order valence-electron chi connectivity index (χ2n) is 2.82. The molecule has 2 heterocycles. The van der Waals surface area contributed by atoms with E-state index in [1.807, 2.05) is 6.20 Å². The molecule has 2 N–H and O–H groups in total. The van der Waals surface area contributed by atoms with Crippen LogP contribution in [0.1, 0.15) is 17.8 Å². The minimum atomic E-state index is 0.311. The average molecular weight is 193 g/mol. The summed E-state index contributed by atoms with van der Waals surface area (Å²) in [7, 11) is 0. The third kappa shape index (κ3) is 1.89. The summed E-state index contributed by atoms with van der Waals surface area (Å²) in [5.74, 6) is 0.820. The lowest BCUT2D eigenvalue weighted by atomic mass is 10.3. The second kappa shape index (κ2) is 3.62. The standard InChI is InChI=1S/C9H11N3S/c1-7(8-3-2-6-13-8)12-9-10-4-5-11-9/h2-7H,1H3,(H2,10,11,12). The molecule has 0 radical (unpaired) electrons. The van der Waals surface area contributed by atoms with Crippen molar-refractivity contribution in [1.82, 2.24) is 9.97 Å². The van der Waals surface area contributed by atoms with E-state index < -0.39 is 0 Å². The molecular formula is C9H11N3S. The van der Waals surface area contributed by atoms with Gasteiger partial charge in [-0.05, 0) is 18.4 Å². The van der Waals surface area contributed by atoms with Crippen molar-refractivity contribution >= 4 is 17.3 Å². The van der Waals surface area contributed by atoms with E-state index in [2.05, 4.69) is 39.7 Å². The van der Waals surface area contributed by atoms with Crippen LogP contribution in [0.15, 0.2) is 29.9 Å². The molecule has 13 heavy (non-hydrogen) atoms. The maximum absolute atomic E-state index is 4.10. The summed E-state index contributed by atoms with van der Waals surface area (Å²) < 4.78 is 0. The Kier molecular flexibility index (Phi) is 2.31. The Bertz CT molecular complexity index is 339. The fourth-order valence-corrected chi connectivity index (χ4v) is 1.89. The molecule has 0 aliphatic heterocycles. The Balaban J connectivity index is 2.04. The van der Waals surface area contributed by atoms with Crippen LogP contribution in [0.2, 0.25) is 0 Å². The molecule has 0 saturated carbocycles. The van der Waals surface area contributed by atoms with Crippen LogP contribution >= 0.6 is 11.3 Å². The van der Waals surface area contributed by atoms with Crippen molar-refractivity contribution < 1.29 is 0 Å². The maximum Gasteiger partial charge on any atom is 0.200 e. The first-order valence-electron chi connectivity index (χ1n) is 4.15. The summed E-state index contributed by atoms with van der Waals surface area (Å²) in [4.78, 5) is 8.43. The lowest BCUT2D eigenvalue weighted by Gasteiger charge is -2.10. The monoisotopic (exact) mass is 193 g/mol. The van der Waals surface area contributed by atoms with Crippen molar-refractivity contribution in [3.05, 3.63) is 34.8 Å². The van der Waals surface area contributed by atoms with Crippen LogP contribution in [0.5, 0.6) is 0 Å². The van der Waals surface area contributed by atoms with Gasteiger partial charge in [-0.25, -0.2) is 4.98 Å². The smallest absolute Gasteiger partial charge is 0.200 e. The topological polar surface area (TPSA) is 40.7 Å². The molecule has 0 aromatic carbocycles. The van der Waals surface area contributed by atoms with Gasteiger partial charge in [-0.3, -0.25) is 0 Å². The van der Waals surface area contributed by atoms with E-state index in [-0.39, 0.29) is 0 Å². The molecule has 3 nitrogen and oxygen atoms in total. The average Bonchev–Trinajstić information content (AvgIpc) is 2.74. The number of thiophene rings is 1. The van der Waals surface area contributed by atoms with Gasteiger partial charge in [0.25, 0.3) is 0 Å². The number of hydrogen-bond acceptors (Lipinski definition) is 3. The summed E-state index contributed by atoms with van der Waals surface area (Å²) in [5, 5.41) is 5.35. The molecule has 1 unspecified atom stereocenters. The number of rotatable bonds is 3. The number of aromatic nitrogens is 2. The van der Waals surface area contributed by atoms with Crippen LogP contribution in [0.4, 0.5) is 5.95 Å². The largest absolute Gasteiger partial charge is 0.348 e. The summed E-state index contributed by atoms with van der Waals surface area (Å²) >= 11 is 1.75. The van der Waals surface area contributed by atoms with Crippen LogP contribution in [0, 0.1) is 0 Å². The molecule has 0 aliphatic carbocycles. The van der Waals surface area contributed by atoms with Gasteiger partial charge >= 0.3 is 0 Å². The first-order chi connectivity index (χ1) is 6.36. The normalized spacial score (nSPS) is 12.7. The molecule has 0 spiro atoms. The molecular weight excluding hydrogens is 182 g/mol. The number of imidazole rings is 1. The molecule has 68 valence electrons. The predicted octanol–water partition coefficient (Wildman–Crippen LogP) is 2.64. The van der Waals surface area contributed by atoms with E-state index in [9.17, 15) is 0 Å². The molecule has 2 aromatic rings. The Morgan fingerprint density at radius 1 is 1.62 bits per heavy atom. The molecule has 2 rings (SSSR count). The maximum atomic E-state index is 4.10. The lowest BCUT2D eigenvalue weighted by Crippen LogP contribution is -2.05. The zero-order valence-corrected chi connectivity index (χ0v) is 8.14. The zero-order valence-electron chi connectivity index (χ0n) is 7.32. The molecule has 0 saturated heterocycles. The first kappa shape index (κ1) is 8.31. The summed E-state index contributed by atoms with van der Waals surface area (Å²) in [6.45, 7) is 2.12. The first-order valence-corrected chi connectivity index (χ1v) is 5.03. The highest BCUT2D eigenvalue weighted by Gasteiger charge is 2.06. The molecule has 0 aliphatic rings. The van der Waals surface area contributed by atoms with Crippen LogP contribution < -0.4 is 5.32 Å². The van der Waals surface area contributed by atoms with Crippen molar-refractivity contribution in [2.24, 2.45) is 0 Å². The van der Waals surface area contributed by atoms with E-state index in [0.717, 1.165) is 5.95 Å². The Morgan fingerprint density at radius 3 is 3.15 bits per heavy atom. The number of nitrogens with zero attached hydrogens (tertiary/aromatic N) is 1.